The minimum Gasteiger partial charge on any atom is -0.353 e. The number of carbonyl (C=O) groups is 1. The summed E-state index contributed by atoms with van der Waals surface area (Å²) in [6.45, 7) is 4.20. The predicted molar refractivity (Wildman–Crippen MR) is 71.0 cm³/mol. The van der Waals surface area contributed by atoms with Crippen LogP contribution in [0.2, 0.25) is 0 Å². The molecule has 1 fully saturated rings. The van der Waals surface area contributed by atoms with Gasteiger partial charge in [0.1, 0.15) is 0 Å². The molecule has 0 bridgehead atoms. The normalized spacial score (nSPS) is 22.2. The molecule has 7 heteroatoms. The van der Waals surface area contributed by atoms with Gasteiger partial charge in [-0.15, -0.1) is 0 Å². The molecule has 1 amide bonds. The maximum Gasteiger partial charge on any atom is 0.238 e. The molecule has 2 N–H and O–H groups in total. The molecule has 1 unspecified atom stereocenters. The Morgan fingerprint density at radius 2 is 2.18 bits per heavy atom. The van der Waals surface area contributed by atoms with Gasteiger partial charge in [0.05, 0.1) is 10.8 Å². The molecule has 1 heterocycles. The zero-order valence-corrected chi connectivity index (χ0v) is 12.1. The van der Waals surface area contributed by atoms with Crippen molar-refractivity contribution in [2.75, 3.05) is 30.9 Å². The predicted octanol–water partition coefficient (Wildman–Crippen LogP) is -0.369. The maximum absolute atomic E-state index is 11.8. The summed E-state index contributed by atoms with van der Waals surface area (Å²) >= 11 is 1.73. The Labute approximate surface area is 107 Å². The number of hydrogen-bond donors (Lipinski definition) is 2. The molecule has 1 aliphatic rings. The first-order chi connectivity index (χ1) is 7.74. The maximum atomic E-state index is 11.8. The van der Waals surface area contributed by atoms with Gasteiger partial charge in [0.15, 0.2) is 9.84 Å². The van der Waals surface area contributed by atoms with E-state index < -0.39 is 14.6 Å². The van der Waals surface area contributed by atoms with E-state index in [1.165, 1.54) is 6.26 Å². The summed E-state index contributed by atoms with van der Waals surface area (Å²) in [7, 11) is -3.17. The molecular formula is C10H20N2O3S2. The van der Waals surface area contributed by atoms with Gasteiger partial charge in [-0.05, 0) is 13.8 Å². The minimum atomic E-state index is -3.17. The minimum absolute atomic E-state index is 0.117. The van der Waals surface area contributed by atoms with Crippen molar-refractivity contribution in [2.45, 2.75) is 24.6 Å². The summed E-state index contributed by atoms with van der Waals surface area (Å²) in [4.78, 5) is 11.8. The first kappa shape index (κ1) is 14.8. The summed E-state index contributed by atoms with van der Waals surface area (Å²) in [5, 5.41) is 5.82. The summed E-state index contributed by atoms with van der Waals surface area (Å²) in [6, 6.07) is -0.205. The van der Waals surface area contributed by atoms with E-state index in [2.05, 4.69) is 10.6 Å². The molecule has 0 spiro atoms. The molecular weight excluding hydrogens is 260 g/mol. The summed E-state index contributed by atoms with van der Waals surface area (Å²) in [6.07, 6.45) is 1.19. The van der Waals surface area contributed by atoms with Crippen LogP contribution in [-0.2, 0) is 14.6 Å². The van der Waals surface area contributed by atoms with Crippen LogP contribution in [0, 0.1) is 0 Å². The van der Waals surface area contributed by atoms with Crippen LogP contribution in [0.25, 0.3) is 0 Å². The van der Waals surface area contributed by atoms with Crippen LogP contribution < -0.4 is 10.6 Å². The van der Waals surface area contributed by atoms with Gasteiger partial charge in [-0.2, -0.15) is 11.8 Å². The van der Waals surface area contributed by atoms with E-state index in [0.29, 0.717) is 0 Å². The van der Waals surface area contributed by atoms with Crippen molar-refractivity contribution in [3.63, 3.8) is 0 Å². The van der Waals surface area contributed by atoms with Crippen LogP contribution in [0.5, 0.6) is 0 Å². The summed E-state index contributed by atoms with van der Waals surface area (Å²) < 4.78 is 22.0. The smallest absolute Gasteiger partial charge is 0.238 e. The Hall–Kier alpha value is -0.270. The van der Waals surface area contributed by atoms with Crippen LogP contribution in [0.4, 0.5) is 0 Å². The Balaban J connectivity index is 2.47. The molecule has 17 heavy (non-hydrogen) atoms. The molecule has 0 aromatic heterocycles. The number of hydrogen-bond acceptors (Lipinski definition) is 5. The molecule has 1 rings (SSSR count). The molecule has 1 saturated heterocycles. The SMILES string of the molecule is CC(C)(CNC(=O)C1CSCCN1)S(C)(=O)=O. The van der Waals surface area contributed by atoms with Crippen molar-refractivity contribution in [3.05, 3.63) is 0 Å². The lowest BCUT2D eigenvalue weighted by atomic mass is 10.2. The number of sulfone groups is 1. The highest BCUT2D eigenvalue weighted by molar-refractivity contribution is 7.99. The van der Waals surface area contributed by atoms with Crippen LogP contribution in [0.3, 0.4) is 0 Å². The second-order valence-corrected chi connectivity index (χ2v) is 8.63. The zero-order valence-electron chi connectivity index (χ0n) is 10.4. The van der Waals surface area contributed by atoms with E-state index in [1.807, 2.05) is 0 Å². The Bertz CT molecular complexity index is 373. The molecule has 0 aliphatic carbocycles. The van der Waals surface area contributed by atoms with Crippen molar-refractivity contribution in [1.82, 2.24) is 10.6 Å². The van der Waals surface area contributed by atoms with E-state index in [4.69, 9.17) is 0 Å². The third-order valence-corrected chi connectivity index (χ3v) is 6.14. The third-order valence-electron chi connectivity index (χ3n) is 2.93. The van der Waals surface area contributed by atoms with E-state index >= 15 is 0 Å². The van der Waals surface area contributed by atoms with Gasteiger partial charge in [-0.25, -0.2) is 8.42 Å². The number of carbonyl (C=O) groups excluding carboxylic acids is 1. The van der Waals surface area contributed by atoms with E-state index in [9.17, 15) is 13.2 Å². The standard InChI is InChI=1S/C10H20N2O3S2/c1-10(2,17(3,14)15)7-12-9(13)8-6-16-5-4-11-8/h8,11H,4-7H2,1-3H3,(H,12,13). The van der Waals surface area contributed by atoms with Gasteiger partial charge < -0.3 is 10.6 Å². The lowest BCUT2D eigenvalue weighted by Crippen LogP contribution is -2.52. The van der Waals surface area contributed by atoms with Crippen LogP contribution in [0.15, 0.2) is 0 Å². The fourth-order valence-corrected chi connectivity index (χ4v) is 2.56. The van der Waals surface area contributed by atoms with Crippen molar-refractivity contribution in [3.8, 4) is 0 Å². The van der Waals surface area contributed by atoms with Gasteiger partial charge in [-0.3, -0.25) is 4.79 Å². The van der Waals surface area contributed by atoms with Crippen molar-refractivity contribution >= 4 is 27.5 Å². The average molecular weight is 280 g/mol. The topological polar surface area (TPSA) is 75.3 Å². The van der Waals surface area contributed by atoms with Gasteiger partial charge in [0.25, 0.3) is 0 Å². The number of nitrogens with one attached hydrogen (secondary N) is 2. The quantitative estimate of drug-likeness (QED) is 0.735. The highest BCUT2D eigenvalue weighted by Gasteiger charge is 2.31. The van der Waals surface area contributed by atoms with E-state index in [-0.39, 0.29) is 18.5 Å². The van der Waals surface area contributed by atoms with E-state index in [0.717, 1.165) is 18.1 Å². The Morgan fingerprint density at radius 1 is 1.53 bits per heavy atom. The highest BCUT2D eigenvalue weighted by atomic mass is 32.2. The molecule has 0 saturated carbocycles. The van der Waals surface area contributed by atoms with Gasteiger partial charge in [-0.1, -0.05) is 0 Å². The van der Waals surface area contributed by atoms with Crippen LogP contribution in [0.1, 0.15) is 13.8 Å². The fraction of sp³-hybridized carbons (Fsp3) is 0.900. The zero-order chi connectivity index (χ0) is 13.1. The van der Waals surface area contributed by atoms with Gasteiger partial charge in [0.2, 0.25) is 5.91 Å². The monoisotopic (exact) mass is 280 g/mol. The number of thioether (sulfide) groups is 1. The van der Waals surface area contributed by atoms with Gasteiger partial charge in [0, 0.05) is 30.9 Å². The molecule has 0 radical (unpaired) electrons. The third kappa shape index (κ3) is 4.15. The second-order valence-electron chi connectivity index (χ2n) is 4.83. The molecule has 1 atom stereocenters. The average Bonchev–Trinajstić information content (AvgIpc) is 2.25. The van der Waals surface area contributed by atoms with Crippen LogP contribution >= 0.6 is 11.8 Å². The summed E-state index contributed by atoms with van der Waals surface area (Å²) in [5.74, 6) is 1.64. The first-order valence-corrected chi connectivity index (χ1v) is 8.57. The molecule has 0 aromatic rings. The molecule has 1 aliphatic heterocycles. The van der Waals surface area contributed by atoms with Crippen molar-refractivity contribution in [2.24, 2.45) is 0 Å². The fourth-order valence-electron chi connectivity index (χ4n) is 1.29. The Kier molecular flexibility index (Phi) is 4.86. The van der Waals surface area contributed by atoms with Gasteiger partial charge >= 0.3 is 0 Å². The van der Waals surface area contributed by atoms with Crippen molar-refractivity contribution < 1.29 is 13.2 Å². The van der Waals surface area contributed by atoms with Crippen molar-refractivity contribution in [1.29, 1.82) is 0 Å². The van der Waals surface area contributed by atoms with E-state index in [1.54, 1.807) is 25.6 Å². The molecule has 100 valence electrons. The van der Waals surface area contributed by atoms with Crippen LogP contribution in [-0.4, -0.2) is 56.0 Å². The molecule has 5 nitrogen and oxygen atoms in total. The number of amides is 1. The largest absolute Gasteiger partial charge is 0.353 e. The first-order valence-electron chi connectivity index (χ1n) is 5.52. The molecule has 0 aromatic carbocycles. The second kappa shape index (κ2) is 5.58. The summed E-state index contributed by atoms with van der Waals surface area (Å²) in [5.41, 5.74) is 0. The number of rotatable bonds is 4. The Morgan fingerprint density at radius 3 is 2.65 bits per heavy atom. The lowest BCUT2D eigenvalue weighted by Gasteiger charge is -2.26. The highest BCUT2D eigenvalue weighted by Crippen LogP contribution is 2.14. The lowest BCUT2D eigenvalue weighted by molar-refractivity contribution is -0.122.